The number of anilines is 1. The monoisotopic (exact) mass is 391 g/mol. The van der Waals surface area contributed by atoms with Crippen molar-refractivity contribution in [2.45, 2.75) is 6.54 Å². The summed E-state index contributed by atoms with van der Waals surface area (Å²) in [6.07, 6.45) is 3.58. The van der Waals surface area contributed by atoms with Crippen molar-refractivity contribution in [3.05, 3.63) is 63.3 Å². The molecule has 2 aromatic heterocycles. The topological polar surface area (TPSA) is 37.8 Å². The van der Waals surface area contributed by atoms with E-state index >= 15 is 0 Å². The van der Waals surface area contributed by atoms with Crippen LogP contribution in [0.4, 0.5) is 5.69 Å². The van der Waals surface area contributed by atoms with Crippen molar-refractivity contribution < 1.29 is 0 Å². The van der Waals surface area contributed by atoms with Crippen LogP contribution >= 0.6 is 31.9 Å². The van der Waals surface area contributed by atoms with Crippen molar-refractivity contribution in [3.8, 4) is 0 Å². The number of benzene rings is 1. The summed E-state index contributed by atoms with van der Waals surface area (Å²) in [5.74, 6) is 0. The van der Waals surface area contributed by atoms with Gasteiger partial charge in [-0.15, -0.1) is 0 Å². The molecular formula is C15H11Br2N3. The lowest BCUT2D eigenvalue weighted by Crippen LogP contribution is -2.01. The Kier molecular flexibility index (Phi) is 3.98. The Morgan fingerprint density at radius 1 is 1.00 bits per heavy atom. The van der Waals surface area contributed by atoms with Crippen LogP contribution in [0.25, 0.3) is 11.0 Å². The number of hydrogen-bond acceptors (Lipinski definition) is 3. The molecule has 3 nitrogen and oxygen atoms in total. The first kappa shape index (κ1) is 13.5. The molecule has 3 rings (SSSR count). The molecule has 0 saturated heterocycles. The molecule has 20 heavy (non-hydrogen) atoms. The van der Waals surface area contributed by atoms with Gasteiger partial charge in [-0.05, 0) is 45.8 Å². The molecule has 3 aromatic rings. The van der Waals surface area contributed by atoms with Gasteiger partial charge in [-0.1, -0.05) is 28.1 Å². The summed E-state index contributed by atoms with van der Waals surface area (Å²) in [5.41, 5.74) is 3.95. The lowest BCUT2D eigenvalue weighted by molar-refractivity contribution is 1.14. The highest BCUT2D eigenvalue weighted by Crippen LogP contribution is 2.22. The molecule has 2 heterocycles. The van der Waals surface area contributed by atoms with Gasteiger partial charge in [-0.3, -0.25) is 9.97 Å². The minimum Gasteiger partial charge on any atom is -0.379 e. The smallest absolute Gasteiger partial charge is 0.112 e. The fourth-order valence-corrected chi connectivity index (χ4v) is 2.76. The van der Waals surface area contributed by atoms with Gasteiger partial charge in [0.25, 0.3) is 0 Å². The van der Waals surface area contributed by atoms with E-state index in [4.69, 9.17) is 0 Å². The largest absolute Gasteiger partial charge is 0.379 e. The van der Waals surface area contributed by atoms with Crippen LogP contribution in [0.5, 0.6) is 0 Å². The van der Waals surface area contributed by atoms with Gasteiger partial charge in [0.1, 0.15) is 5.52 Å². The number of hydrogen-bond donors (Lipinski definition) is 1. The number of fused-ring (bicyclic) bond motifs is 1. The predicted octanol–water partition coefficient (Wildman–Crippen LogP) is 4.77. The number of nitrogens with one attached hydrogen (secondary N) is 1. The molecule has 0 aliphatic rings. The number of nitrogens with zero attached hydrogens (tertiary/aromatic N) is 2. The molecule has 0 amide bonds. The van der Waals surface area contributed by atoms with Crippen LogP contribution in [-0.2, 0) is 6.54 Å². The van der Waals surface area contributed by atoms with E-state index in [2.05, 4.69) is 59.3 Å². The van der Waals surface area contributed by atoms with Crippen LogP contribution in [0.2, 0.25) is 0 Å². The minimum atomic E-state index is 0.746. The number of pyridine rings is 2. The lowest BCUT2D eigenvalue weighted by atomic mass is 10.2. The zero-order valence-corrected chi connectivity index (χ0v) is 13.6. The molecule has 0 saturated carbocycles. The second-order valence-corrected chi connectivity index (χ2v) is 6.19. The van der Waals surface area contributed by atoms with E-state index in [0.29, 0.717) is 0 Å². The zero-order valence-electron chi connectivity index (χ0n) is 10.5. The molecule has 5 heteroatoms. The van der Waals surface area contributed by atoms with Gasteiger partial charge < -0.3 is 5.32 Å². The predicted molar refractivity (Wildman–Crippen MR) is 88.7 cm³/mol. The van der Waals surface area contributed by atoms with E-state index in [0.717, 1.165) is 32.2 Å². The Bertz CT molecular complexity index is 759. The Morgan fingerprint density at radius 2 is 1.90 bits per heavy atom. The van der Waals surface area contributed by atoms with Crippen molar-refractivity contribution in [3.63, 3.8) is 0 Å². The van der Waals surface area contributed by atoms with Crippen molar-refractivity contribution >= 4 is 48.6 Å². The third-order valence-corrected chi connectivity index (χ3v) is 3.84. The Balaban J connectivity index is 1.87. The SMILES string of the molecule is Brc1cccc(CNc2ccnc3cc(Br)cnc23)c1. The standard InChI is InChI=1S/C15H11Br2N3/c16-11-3-1-2-10(6-11)8-19-13-4-5-18-14-7-12(17)9-20-15(13)14/h1-7,9H,8H2,(H,18,19). The third kappa shape index (κ3) is 2.99. The molecule has 0 radical (unpaired) electrons. The average Bonchev–Trinajstić information content (AvgIpc) is 2.44. The molecular weight excluding hydrogens is 382 g/mol. The van der Waals surface area contributed by atoms with Gasteiger partial charge in [0.2, 0.25) is 0 Å². The van der Waals surface area contributed by atoms with Gasteiger partial charge in [-0.2, -0.15) is 0 Å². The first-order chi connectivity index (χ1) is 9.72. The molecule has 0 aliphatic carbocycles. The van der Waals surface area contributed by atoms with Crippen molar-refractivity contribution in [1.29, 1.82) is 0 Å². The molecule has 0 bridgehead atoms. The Hall–Kier alpha value is -1.46. The van der Waals surface area contributed by atoms with Crippen LogP contribution in [0, 0.1) is 0 Å². The fraction of sp³-hybridized carbons (Fsp3) is 0.0667. The number of aromatic nitrogens is 2. The molecule has 0 spiro atoms. The fourth-order valence-electron chi connectivity index (χ4n) is 1.99. The average molecular weight is 393 g/mol. The maximum absolute atomic E-state index is 4.43. The number of halogens is 2. The maximum Gasteiger partial charge on any atom is 0.112 e. The molecule has 0 atom stereocenters. The first-order valence-corrected chi connectivity index (χ1v) is 7.69. The van der Waals surface area contributed by atoms with E-state index in [1.165, 1.54) is 5.56 Å². The zero-order chi connectivity index (χ0) is 13.9. The highest BCUT2D eigenvalue weighted by Gasteiger charge is 2.04. The molecule has 100 valence electrons. The summed E-state index contributed by atoms with van der Waals surface area (Å²) < 4.78 is 2.01. The number of rotatable bonds is 3. The highest BCUT2D eigenvalue weighted by molar-refractivity contribution is 9.10. The normalized spacial score (nSPS) is 10.7. The molecule has 0 aliphatic heterocycles. The van der Waals surface area contributed by atoms with E-state index in [1.807, 2.05) is 24.3 Å². The Morgan fingerprint density at radius 3 is 2.75 bits per heavy atom. The van der Waals surface area contributed by atoms with Gasteiger partial charge >= 0.3 is 0 Å². The first-order valence-electron chi connectivity index (χ1n) is 6.11. The summed E-state index contributed by atoms with van der Waals surface area (Å²) in [7, 11) is 0. The lowest BCUT2D eigenvalue weighted by Gasteiger charge is -2.09. The van der Waals surface area contributed by atoms with E-state index in [1.54, 1.807) is 12.4 Å². The summed E-state index contributed by atoms with van der Waals surface area (Å²) in [6, 6.07) is 12.1. The van der Waals surface area contributed by atoms with Crippen LogP contribution in [0.1, 0.15) is 5.56 Å². The van der Waals surface area contributed by atoms with E-state index in [-0.39, 0.29) is 0 Å². The van der Waals surface area contributed by atoms with Crippen molar-refractivity contribution in [1.82, 2.24) is 9.97 Å². The van der Waals surface area contributed by atoms with E-state index < -0.39 is 0 Å². The van der Waals surface area contributed by atoms with Crippen LogP contribution in [0.3, 0.4) is 0 Å². The minimum absolute atomic E-state index is 0.746. The Labute approximate surface area is 133 Å². The second-order valence-electron chi connectivity index (χ2n) is 4.36. The quantitative estimate of drug-likeness (QED) is 0.697. The van der Waals surface area contributed by atoms with Crippen LogP contribution in [0.15, 0.2) is 57.7 Å². The van der Waals surface area contributed by atoms with Gasteiger partial charge in [0.15, 0.2) is 0 Å². The van der Waals surface area contributed by atoms with Crippen LogP contribution < -0.4 is 5.32 Å². The maximum atomic E-state index is 4.43. The highest BCUT2D eigenvalue weighted by atomic mass is 79.9. The summed E-state index contributed by atoms with van der Waals surface area (Å²) in [6.45, 7) is 0.746. The molecule has 1 N–H and O–H groups in total. The summed E-state index contributed by atoms with van der Waals surface area (Å²) in [4.78, 5) is 8.76. The van der Waals surface area contributed by atoms with Crippen molar-refractivity contribution in [2.75, 3.05) is 5.32 Å². The van der Waals surface area contributed by atoms with Crippen molar-refractivity contribution in [2.24, 2.45) is 0 Å². The van der Waals surface area contributed by atoms with Gasteiger partial charge in [0, 0.05) is 27.9 Å². The molecule has 1 aromatic carbocycles. The van der Waals surface area contributed by atoms with Gasteiger partial charge in [0.05, 0.1) is 11.2 Å². The van der Waals surface area contributed by atoms with Crippen LogP contribution in [-0.4, -0.2) is 9.97 Å². The van der Waals surface area contributed by atoms with E-state index in [9.17, 15) is 0 Å². The molecule has 0 fully saturated rings. The van der Waals surface area contributed by atoms with Gasteiger partial charge in [-0.25, -0.2) is 0 Å². The summed E-state index contributed by atoms with van der Waals surface area (Å²) in [5, 5.41) is 3.41. The second kappa shape index (κ2) is 5.89. The summed E-state index contributed by atoms with van der Waals surface area (Å²) >= 11 is 6.89. The molecule has 0 unspecified atom stereocenters. The third-order valence-electron chi connectivity index (χ3n) is 2.92.